The molecule has 24 heavy (non-hydrogen) atoms. The van der Waals surface area contributed by atoms with Gasteiger partial charge in [-0.1, -0.05) is 0 Å². The van der Waals surface area contributed by atoms with Crippen LogP contribution < -0.4 is 0 Å². The van der Waals surface area contributed by atoms with Crippen LogP contribution in [0.25, 0.3) is 4.91 Å². The number of hydrogen-bond acceptors (Lipinski definition) is 5. The molecule has 5 heterocycles. The van der Waals surface area contributed by atoms with Crippen molar-refractivity contribution in [2.75, 3.05) is 26.2 Å². The largest absolute Gasteiger partial charge is 0.492 e. The molecule has 1 amide bonds. The number of aliphatic imine (C=N–C) groups is 1. The Labute approximate surface area is 144 Å². The molecule has 1 fully saturated rings. The second kappa shape index (κ2) is 5.60. The number of aromatic nitrogens is 2. The highest BCUT2D eigenvalue weighted by molar-refractivity contribution is 8.10. The molecule has 1 N–H and O–H groups in total. The second-order valence-electron chi connectivity index (χ2n) is 6.51. The summed E-state index contributed by atoms with van der Waals surface area (Å²) in [5, 5.41) is 6.64. The lowest BCUT2D eigenvalue weighted by Crippen LogP contribution is -2.42. The third kappa shape index (κ3) is 2.18. The molecule has 6 nitrogen and oxygen atoms in total. The summed E-state index contributed by atoms with van der Waals surface area (Å²) in [7, 11) is 0. The van der Waals surface area contributed by atoms with E-state index in [0.29, 0.717) is 6.61 Å². The third-order valence-corrected chi connectivity index (χ3v) is 6.32. The van der Waals surface area contributed by atoms with E-state index in [9.17, 15) is 4.79 Å². The zero-order valence-corrected chi connectivity index (χ0v) is 14.1. The van der Waals surface area contributed by atoms with Gasteiger partial charge in [0.05, 0.1) is 23.4 Å². The van der Waals surface area contributed by atoms with Crippen molar-refractivity contribution in [2.24, 2.45) is 4.99 Å². The molecule has 0 saturated carbocycles. The quantitative estimate of drug-likeness (QED) is 0.910. The second-order valence-corrected chi connectivity index (χ2v) is 7.63. The van der Waals surface area contributed by atoms with Crippen LogP contribution in [0.2, 0.25) is 0 Å². The Morgan fingerprint density at radius 3 is 3.04 bits per heavy atom. The van der Waals surface area contributed by atoms with Gasteiger partial charge in [-0.2, -0.15) is 5.10 Å². The van der Waals surface area contributed by atoms with E-state index in [0.717, 1.165) is 60.0 Å². The topological polar surface area (TPSA) is 70.6 Å². The molecule has 4 aliphatic heterocycles. The molecule has 4 aliphatic rings. The van der Waals surface area contributed by atoms with Crippen molar-refractivity contribution in [2.45, 2.75) is 24.5 Å². The summed E-state index contributed by atoms with van der Waals surface area (Å²) in [5.41, 5.74) is 4.26. The lowest BCUT2D eigenvalue weighted by molar-refractivity contribution is -0.116. The minimum absolute atomic E-state index is 0.0456. The minimum atomic E-state index is -0.252. The normalized spacial score (nSPS) is 26.8. The van der Waals surface area contributed by atoms with Crippen molar-refractivity contribution in [3.05, 3.63) is 34.9 Å². The van der Waals surface area contributed by atoms with E-state index in [2.05, 4.69) is 20.1 Å². The highest BCUT2D eigenvalue weighted by Gasteiger charge is 2.43. The van der Waals surface area contributed by atoms with Crippen molar-refractivity contribution < 1.29 is 9.53 Å². The van der Waals surface area contributed by atoms with E-state index in [1.54, 1.807) is 18.0 Å². The number of carbonyl (C=O) groups excluding carboxylic acids is 1. The molecule has 1 saturated heterocycles. The zero-order chi connectivity index (χ0) is 16.1. The monoisotopic (exact) mass is 342 g/mol. The van der Waals surface area contributed by atoms with Crippen LogP contribution in [0.1, 0.15) is 24.8 Å². The Balaban J connectivity index is 1.61. The molecule has 0 spiro atoms. The number of nitrogens with zero attached hydrogens (tertiary/aromatic N) is 3. The summed E-state index contributed by atoms with van der Waals surface area (Å²) in [4.78, 5) is 20.5. The average molecular weight is 342 g/mol. The van der Waals surface area contributed by atoms with E-state index >= 15 is 0 Å². The van der Waals surface area contributed by atoms with Crippen LogP contribution in [0.15, 0.2) is 34.3 Å². The Morgan fingerprint density at radius 1 is 1.38 bits per heavy atom. The predicted octanol–water partition coefficient (Wildman–Crippen LogP) is 1.99. The van der Waals surface area contributed by atoms with Gasteiger partial charge in [0.1, 0.15) is 11.0 Å². The number of carbonyl (C=O) groups is 1. The zero-order valence-electron chi connectivity index (χ0n) is 13.2. The SMILES string of the molecule is O=C1N=C(CN2CCC2)C2=C3C(=C(c4cn[nH]c4)SC13)OCCC2. The van der Waals surface area contributed by atoms with Crippen LogP contribution in [0.4, 0.5) is 0 Å². The molecule has 1 aromatic rings. The van der Waals surface area contributed by atoms with E-state index in [1.165, 1.54) is 12.0 Å². The van der Waals surface area contributed by atoms with Gasteiger partial charge in [-0.25, -0.2) is 4.99 Å². The molecule has 7 heteroatoms. The van der Waals surface area contributed by atoms with Crippen LogP contribution in [-0.2, 0) is 9.53 Å². The fourth-order valence-electron chi connectivity index (χ4n) is 3.66. The van der Waals surface area contributed by atoms with Gasteiger partial charge >= 0.3 is 0 Å². The van der Waals surface area contributed by atoms with Gasteiger partial charge in [0, 0.05) is 23.9 Å². The first-order valence-electron chi connectivity index (χ1n) is 8.41. The molecule has 0 radical (unpaired) electrons. The van der Waals surface area contributed by atoms with Crippen LogP contribution in [-0.4, -0.2) is 58.2 Å². The number of likely N-dealkylation sites (tertiary alicyclic amines) is 1. The number of H-pyrrole nitrogens is 1. The lowest BCUT2D eigenvalue weighted by Gasteiger charge is -2.32. The van der Waals surface area contributed by atoms with Crippen molar-refractivity contribution in [1.29, 1.82) is 0 Å². The molecule has 1 aromatic heterocycles. The summed E-state index contributed by atoms with van der Waals surface area (Å²) in [6.45, 7) is 3.68. The fourth-order valence-corrected chi connectivity index (χ4v) is 4.94. The summed E-state index contributed by atoms with van der Waals surface area (Å²) in [6.07, 6.45) is 6.78. The standard InChI is InChI=1S/C17H18N4O2S/c22-17-16-13-11(12(20-17)9-21-4-2-5-21)3-1-6-23-14(13)15(24-16)10-7-18-19-8-10/h7-8,16H,1-6,9H2,(H,18,19). The molecule has 0 bridgehead atoms. The molecule has 1 atom stereocenters. The van der Waals surface area contributed by atoms with Gasteiger partial charge in [0.15, 0.2) is 0 Å². The Kier molecular flexibility index (Phi) is 3.38. The highest BCUT2D eigenvalue weighted by Crippen LogP contribution is 2.51. The summed E-state index contributed by atoms with van der Waals surface area (Å²) in [5.74, 6) is 0.832. The molecule has 1 unspecified atom stereocenters. The van der Waals surface area contributed by atoms with Crippen LogP contribution in [0.3, 0.4) is 0 Å². The van der Waals surface area contributed by atoms with Crippen molar-refractivity contribution in [3.63, 3.8) is 0 Å². The van der Waals surface area contributed by atoms with Gasteiger partial charge in [0.25, 0.3) is 5.91 Å². The molecule has 124 valence electrons. The summed E-state index contributed by atoms with van der Waals surface area (Å²) < 4.78 is 6.08. The highest BCUT2D eigenvalue weighted by atomic mass is 32.2. The number of hydrogen-bond donors (Lipinski definition) is 1. The maximum atomic E-state index is 12.7. The van der Waals surface area contributed by atoms with Crippen LogP contribution in [0, 0.1) is 0 Å². The van der Waals surface area contributed by atoms with Crippen molar-refractivity contribution in [3.8, 4) is 0 Å². The number of allylic oxidation sites excluding steroid dienone is 1. The van der Waals surface area contributed by atoms with Crippen LogP contribution >= 0.6 is 11.8 Å². The molecule has 0 aliphatic carbocycles. The van der Waals surface area contributed by atoms with E-state index < -0.39 is 0 Å². The van der Waals surface area contributed by atoms with Gasteiger partial charge in [-0.15, -0.1) is 11.8 Å². The summed E-state index contributed by atoms with van der Waals surface area (Å²) >= 11 is 1.55. The Morgan fingerprint density at radius 2 is 2.29 bits per heavy atom. The van der Waals surface area contributed by atoms with Gasteiger partial charge in [-0.3, -0.25) is 14.8 Å². The maximum absolute atomic E-state index is 12.7. The number of nitrogens with one attached hydrogen (secondary N) is 1. The number of aromatic amines is 1. The molecule has 5 rings (SSSR count). The Hall–Kier alpha value is -1.86. The first-order valence-corrected chi connectivity index (χ1v) is 9.29. The molecular formula is C17H18N4O2S. The van der Waals surface area contributed by atoms with Gasteiger partial charge in [0.2, 0.25) is 0 Å². The smallest absolute Gasteiger partial charge is 0.264 e. The molecule has 0 aromatic carbocycles. The fraction of sp³-hybridized carbons (Fsp3) is 0.471. The van der Waals surface area contributed by atoms with E-state index in [1.807, 2.05) is 6.20 Å². The van der Waals surface area contributed by atoms with E-state index in [4.69, 9.17) is 4.74 Å². The van der Waals surface area contributed by atoms with Crippen molar-refractivity contribution in [1.82, 2.24) is 15.1 Å². The number of thioether (sulfide) groups is 1. The number of rotatable bonds is 3. The number of ether oxygens (including phenoxy) is 1. The third-order valence-electron chi connectivity index (χ3n) is 4.99. The predicted molar refractivity (Wildman–Crippen MR) is 92.6 cm³/mol. The first-order chi connectivity index (χ1) is 11.8. The van der Waals surface area contributed by atoms with Gasteiger partial charge in [-0.05, 0) is 37.9 Å². The Bertz CT molecular complexity index is 790. The number of dihydropyridines is 1. The lowest BCUT2D eigenvalue weighted by atomic mass is 9.91. The molecular weight excluding hydrogens is 324 g/mol. The number of amides is 1. The first kappa shape index (κ1) is 14.5. The summed E-state index contributed by atoms with van der Waals surface area (Å²) in [6, 6.07) is 0. The van der Waals surface area contributed by atoms with Crippen LogP contribution in [0.5, 0.6) is 0 Å². The van der Waals surface area contributed by atoms with Gasteiger partial charge < -0.3 is 4.74 Å². The van der Waals surface area contributed by atoms with Crippen molar-refractivity contribution >= 4 is 28.3 Å². The maximum Gasteiger partial charge on any atom is 0.264 e. The average Bonchev–Trinajstić information content (AvgIpc) is 3.12. The minimum Gasteiger partial charge on any atom is -0.492 e. The van der Waals surface area contributed by atoms with E-state index in [-0.39, 0.29) is 11.2 Å².